The molecule has 1 saturated carbocycles. The lowest BCUT2D eigenvalue weighted by atomic mass is 9.69. The van der Waals surface area contributed by atoms with Gasteiger partial charge in [0, 0.05) is 13.6 Å². The fourth-order valence-electron chi connectivity index (χ4n) is 1.82. The van der Waals surface area contributed by atoms with Gasteiger partial charge in [-0.1, -0.05) is 13.8 Å². The Labute approximate surface area is 92.1 Å². The van der Waals surface area contributed by atoms with Gasteiger partial charge in [0.15, 0.2) is 0 Å². The first-order valence-electron chi connectivity index (χ1n) is 5.68. The molecule has 0 aromatic rings. The van der Waals surface area contributed by atoms with E-state index in [0.717, 1.165) is 32.2 Å². The largest absolute Gasteiger partial charge is 0.344 e. The predicted octanol–water partition coefficient (Wildman–Crippen LogP) is 2.18. The van der Waals surface area contributed by atoms with Gasteiger partial charge in [-0.05, 0) is 31.6 Å². The molecule has 0 saturated heterocycles. The van der Waals surface area contributed by atoms with Crippen molar-refractivity contribution in [3.63, 3.8) is 0 Å². The van der Waals surface area contributed by atoms with Crippen LogP contribution >= 0.6 is 0 Å². The Morgan fingerprint density at radius 2 is 2.13 bits per heavy atom. The van der Waals surface area contributed by atoms with Crippen LogP contribution in [-0.4, -0.2) is 24.4 Å². The lowest BCUT2D eigenvalue weighted by Crippen LogP contribution is -2.45. The number of amides is 1. The van der Waals surface area contributed by atoms with Crippen LogP contribution in [0.15, 0.2) is 0 Å². The van der Waals surface area contributed by atoms with Gasteiger partial charge >= 0.3 is 0 Å². The molecule has 3 nitrogen and oxygen atoms in total. The number of nitrogens with zero attached hydrogens (tertiary/aromatic N) is 2. The third-order valence-electron chi connectivity index (χ3n) is 3.22. The minimum Gasteiger partial charge on any atom is -0.344 e. The van der Waals surface area contributed by atoms with Crippen molar-refractivity contribution in [3.05, 3.63) is 0 Å². The van der Waals surface area contributed by atoms with E-state index in [-0.39, 0.29) is 5.91 Å². The van der Waals surface area contributed by atoms with Crippen molar-refractivity contribution in [1.29, 1.82) is 5.26 Å². The van der Waals surface area contributed by atoms with Crippen LogP contribution in [-0.2, 0) is 4.79 Å². The van der Waals surface area contributed by atoms with E-state index in [9.17, 15) is 4.79 Å². The van der Waals surface area contributed by atoms with Crippen LogP contribution in [0, 0.1) is 22.7 Å². The van der Waals surface area contributed by atoms with E-state index in [2.05, 4.69) is 19.9 Å². The molecule has 0 aliphatic heterocycles. The van der Waals surface area contributed by atoms with Crippen LogP contribution in [0.1, 0.15) is 39.5 Å². The minimum absolute atomic E-state index is 0.0249. The summed E-state index contributed by atoms with van der Waals surface area (Å²) in [5.41, 5.74) is -0.675. The summed E-state index contributed by atoms with van der Waals surface area (Å²) in [6.45, 7) is 5.05. The Bertz CT molecular complexity index is 274. The highest BCUT2D eigenvalue weighted by molar-refractivity contribution is 5.86. The third kappa shape index (κ3) is 2.50. The molecular formula is C12H20N2O. The molecule has 0 spiro atoms. The number of nitriles is 1. The Hall–Kier alpha value is -1.04. The van der Waals surface area contributed by atoms with Crippen molar-refractivity contribution < 1.29 is 4.79 Å². The summed E-state index contributed by atoms with van der Waals surface area (Å²) in [6.07, 6.45) is 3.50. The summed E-state index contributed by atoms with van der Waals surface area (Å²) in [4.78, 5) is 13.7. The van der Waals surface area contributed by atoms with E-state index in [4.69, 9.17) is 5.26 Å². The molecule has 0 radical (unpaired) electrons. The van der Waals surface area contributed by atoms with E-state index in [0.29, 0.717) is 5.92 Å². The number of hydrogen-bond acceptors (Lipinski definition) is 2. The maximum Gasteiger partial charge on any atom is 0.242 e. The van der Waals surface area contributed by atoms with Crippen LogP contribution in [0.5, 0.6) is 0 Å². The topological polar surface area (TPSA) is 44.1 Å². The highest BCUT2D eigenvalue weighted by Gasteiger charge is 2.45. The second-order valence-electron chi connectivity index (χ2n) is 4.96. The molecule has 0 unspecified atom stereocenters. The number of rotatable bonds is 4. The van der Waals surface area contributed by atoms with E-state index < -0.39 is 5.41 Å². The van der Waals surface area contributed by atoms with Crippen molar-refractivity contribution in [1.82, 2.24) is 4.90 Å². The zero-order valence-electron chi connectivity index (χ0n) is 9.92. The van der Waals surface area contributed by atoms with Crippen molar-refractivity contribution in [2.45, 2.75) is 39.5 Å². The summed E-state index contributed by atoms with van der Waals surface area (Å²) in [6, 6.07) is 2.19. The fraction of sp³-hybridized carbons (Fsp3) is 0.833. The maximum absolute atomic E-state index is 12.0. The van der Waals surface area contributed by atoms with Crippen LogP contribution in [0.3, 0.4) is 0 Å². The highest BCUT2D eigenvalue weighted by Crippen LogP contribution is 2.41. The maximum atomic E-state index is 12.0. The molecule has 1 amide bonds. The zero-order chi connectivity index (χ0) is 11.5. The van der Waals surface area contributed by atoms with E-state index in [1.165, 1.54) is 0 Å². The van der Waals surface area contributed by atoms with Gasteiger partial charge in [-0.25, -0.2) is 0 Å². The van der Waals surface area contributed by atoms with Gasteiger partial charge in [0.2, 0.25) is 5.91 Å². The first-order valence-corrected chi connectivity index (χ1v) is 5.68. The summed E-state index contributed by atoms with van der Waals surface area (Å²) < 4.78 is 0. The summed E-state index contributed by atoms with van der Waals surface area (Å²) in [5, 5.41) is 9.04. The van der Waals surface area contributed by atoms with Gasteiger partial charge in [0.05, 0.1) is 6.07 Å². The molecule has 0 N–H and O–H groups in total. The van der Waals surface area contributed by atoms with Crippen LogP contribution in [0.4, 0.5) is 0 Å². The Morgan fingerprint density at radius 1 is 1.53 bits per heavy atom. The molecule has 1 aliphatic carbocycles. The molecule has 1 aliphatic rings. The van der Waals surface area contributed by atoms with Crippen molar-refractivity contribution in [2.75, 3.05) is 13.6 Å². The quantitative estimate of drug-likeness (QED) is 0.710. The first kappa shape index (κ1) is 12.0. The Kier molecular flexibility index (Phi) is 3.73. The molecule has 1 fully saturated rings. The predicted molar refractivity (Wildman–Crippen MR) is 59.0 cm³/mol. The van der Waals surface area contributed by atoms with Crippen molar-refractivity contribution in [3.8, 4) is 6.07 Å². The molecule has 0 atom stereocenters. The van der Waals surface area contributed by atoms with Gasteiger partial charge < -0.3 is 4.90 Å². The van der Waals surface area contributed by atoms with Gasteiger partial charge in [0.1, 0.15) is 5.41 Å². The summed E-state index contributed by atoms with van der Waals surface area (Å²) in [5.74, 6) is 0.622. The monoisotopic (exact) mass is 208 g/mol. The molecule has 0 aromatic heterocycles. The number of carbonyl (C=O) groups is 1. The molecule has 0 heterocycles. The molecule has 0 bridgehead atoms. The van der Waals surface area contributed by atoms with E-state index >= 15 is 0 Å². The second-order valence-corrected chi connectivity index (χ2v) is 4.96. The normalized spacial score (nSPS) is 18.1. The molecule has 84 valence electrons. The van der Waals surface area contributed by atoms with Gasteiger partial charge in [-0.3, -0.25) is 4.79 Å². The molecule has 3 heteroatoms. The van der Waals surface area contributed by atoms with Crippen molar-refractivity contribution >= 4 is 5.91 Å². The third-order valence-corrected chi connectivity index (χ3v) is 3.22. The lowest BCUT2D eigenvalue weighted by Gasteiger charge is -2.36. The SMILES string of the molecule is CC(C)CCN(C)C(=O)C1(C#N)CCC1. The van der Waals surface area contributed by atoms with E-state index in [1.807, 2.05) is 7.05 Å². The van der Waals surface area contributed by atoms with Gasteiger partial charge in [-0.15, -0.1) is 0 Å². The fourth-order valence-corrected chi connectivity index (χ4v) is 1.82. The molecule has 15 heavy (non-hydrogen) atoms. The Morgan fingerprint density at radius 3 is 2.47 bits per heavy atom. The number of hydrogen-bond donors (Lipinski definition) is 0. The second kappa shape index (κ2) is 4.65. The highest BCUT2D eigenvalue weighted by atomic mass is 16.2. The minimum atomic E-state index is -0.675. The van der Waals surface area contributed by atoms with Gasteiger partial charge in [0.25, 0.3) is 0 Å². The molecular weight excluding hydrogens is 188 g/mol. The lowest BCUT2D eigenvalue weighted by molar-refractivity contribution is -0.141. The van der Waals surface area contributed by atoms with Crippen LogP contribution in [0.25, 0.3) is 0 Å². The van der Waals surface area contributed by atoms with Crippen LogP contribution in [0.2, 0.25) is 0 Å². The first-order chi connectivity index (χ1) is 7.02. The van der Waals surface area contributed by atoms with Gasteiger partial charge in [-0.2, -0.15) is 5.26 Å². The summed E-state index contributed by atoms with van der Waals surface area (Å²) >= 11 is 0. The smallest absolute Gasteiger partial charge is 0.242 e. The van der Waals surface area contributed by atoms with Crippen LogP contribution < -0.4 is 0 Å². The molecule has 1 rings (SSSR count). The zero-order valence-corrected chi connectivity index (χ0v) is 9.92. The standard InChI is InChI=1S/C12H20N2O/c1-10(2)5-8-14(3)11(15)12(9-13)6-4-7-12/h10H,4-8H2,1-3H3. The average Bonchev–Trinajstić information content (AvgIpc) is 2.13. The number of carbonyl (C=O) groups excluding carboxylic acids is 1. The average molecular weight is 208 g/mol. The Balaban J connectivity index is 2.49. The van der Waals surface area contributed by atoms with E-state index in [1.54, 1.807) is 4.90 Å². The van der Waals surface area contributed by atoms with Crippen molar-refractivity contribution in [2.24, 2.45) is 11.3 Å². The molecule has 0 aromatic carbocycles. The summed E-state index contributed by atoms with van der Waals surface area (Å²) in [7, 11) is 1.81.